The molecule has 8 heteroatoms. The van der Waals surface area contributed by atoms with Crippen LogP contribution in [0.15, 0.2) is 40.2 Å². The van der Waals surface area contributed by atoms with E-state index in [9.17, 15) is 0 Å². The van der Waals surface area contributed by atoms with Crippen molar-refractivity contribution in [2.45, 2.75) is 24.4 Å². The fraction of sp³-hybridized carbons (Fsp3) is 0.286. The Labute approximate surface area is 131 Å². The zero-order valence-electron chi connectivity index (χ0n) is 12.3. The highest BCUT2D eigenvalue weighted by Gasteiger charge is 2.11. The van der Waals surface area contributed by atoms with E-state index in [0.29, 0.717) is 17.5 Å². The summed E-state index contributed by atoms with van der Waals surface area (Å²) in [7, 11) is 1.63. The molecule has 0 aliphatic carbocycles. The van der Waals surface area contributed by atoms with Gasteiger partial charge in [-0.15, -0.1) is 20.4 Å². The van der Waals surface area contributed by atoms with Gasteiger partial charge in [0.15, 0.2) is 5.16 Å². The van der Waals surface area contributed by atoms with Crippen LogP contribution in [0.5, 0.6) is 5.75 Å². The van der Waals surface area contributed by atoms with E-state index in [1.165, 1.54) is 11.8 Å². The first kappa shape index (κ1) is 14.6. The van der Waals surface area contributed by atoms with Crippen LogP contribution in [-0.2, 0) is 12.3 Å². The third-order valence-corrected chi connectivity index (χ3v) is 4.01. The van der Waals surface area contributed by atoms with Gasteiger partial charge in [0, 0.05) is 12.1 Å². The van der Waals surface area contributed by atoms with Crippen molar-refractivity contribution in [3.05, 3.63) is 36.5 Å². The Hall–Kier alpha value is -2.35. The quantitative estimate of drug-likeness (QED) is 0.647. The van der Waals surface area contributed by atoms with Crippen molar-refractivity contribution in [3.63, 3.8) is 0 Å². The third-order valence-electron chi connectivity index (χ3n) is 3.05. The number of aryl methyl sites for hydroxylation is 1. The standard InChI is InChI=1S/C14H15N5O2S/c1-3-19-9-15-18-14(19)22-8-12-16-17-13(21-12)10-4-6-11(20-2)7-5-10/h4-7,9H,3,8H2,1-2H3. The summed E-state index contributed by atoms with van der Waals surface area (Å²) in [5.74, 6) is 2.40. The molecule has 2 aromatic heterocycles. The smallest absolute Gasteiger partial charge is 0.247 e. The van der Waals surface area contributed by atoms with Crippen molar-refractivity contribution in [2.24, 2.45) is 0 Å². The third kappa shape index (κ3) is 3.11. The Morgan fingerprint density at radius 3 is 2.73 bits per heavy atom. The maximum Gasteiger partial charge on any atom is 0.247 e. The molecule has 0 amide bonds. The Kier molecular flexibility index (Phi) is 4.38. The van der Waals surface area contributed by atoms with Gasteiger partial charge in [-0.1, -0.05) is 11.8 Å². The summed E-state index contributed by atoms with van der Waals surface area (Å²) >= 11 is 1.52. The van der Waals surface area contributed by atoms with Crippen LogP contribution in [0.1, 0.15) is 12.8 Å². The number of nitrogens with zero attached hydrogens (tertiary/aromatic N) is 5. The molecule has 0 atom stereocenters. The Morgan fingerprint density at radius 2 is 2.00 bits per heavy atom. The van der Waals surface area contributed by atoms with Gasteiger partial charge in [0.05, 0.1) is 12.9 Å². The Morgan fingerprint density at radius 1 is 1.18 bits per heavy atom. The molecular formula is C14H15N5O2S. The number of hydrogen-bond donors (Lipinski definition) is 0. The van der Waals surface area contributed by atoms with Crippen LogP contribution in [0.25, 0.3) is 11.5 Å². The number of thioether (sulfide) groups is 1. The zero-order valence-corrected chi connectivity index (χ0v) is 13.1. The Bertz CT molecular complexity index is 738. The topological polar surface area (TPSA) is 78.9 Å². The fourth-order valence-electron chi connectivity index (χ4n) is 1.86. The van der Waals surface area contributed by atoms with E-state index in [1.54, 1.807) is 13.4 Å². The number of hydrogen-bond acceptors (Lipinski definition) is 7. The van der Waals surface area contributed by atoms with E-state index in [4.69, 9.17) is 9.15 Å². The summed E-state index contributed by atoms with van der Waals surface area (Å²) in [6.07, 6.45) is 1.71. The zero-order chi connectivity index (χ0) is 15.4. The largest absolute Gasteiger partial charge is 0.497 e. The molecule has 3 aromatic rings. The van der Waals surface area contributed by atoms with Crippen molar-refractivity contribution in [2.75, 3.05) is 7.11 Å². The minimum absolute atomic E-state index is 0.496. The van der Waals surface area contributed by atoms with Crippen molar-refractivity contribution in [3.8, 4) is 17.2 Å². The summed E-state index contributed by atoms with van der Waals surface area (Å²) in [5.41, 5.74) is 0.862. The first-order chi connectivity index (χ1) is 10.8. The van der Waals surface area contributed by atoms with Gasteiger partial charge in [-0.05, 0) is 31.2 Å². The summed E-state index contributed by atoms with van der Waals surface area (Å²) in [4.78, 5) is 0. The van der Waals surface area contributed by atoms with Gasteiger partial charge in [0.1, 0.15) is 12.1 Å². The van der Waals surface area contributed by atoms with E-state index in [1.807, 2.05) is 35.8 Å². The van der Waals surface area contributed by atoms with Crippen molar-refractivity contribution in [1.29, 1.82) is 0 Å². The second-order valence-corrected chi connectivity index (χ2v) is 5.36. The van der Waals surface area contributed by atoms with Gasteiger partial charge in [0.2, 0.25) is 11.8 Å². The number of aromatic nitrogens is 5. The average molecular weight is 317 g/mol. The molecule has 2 heterocycles. The van der Waals surface area contributed by atoms with Crippen LogP contribution >= 0.6 is 11.8 Å². The van der Waals surface area contributed by atoms with Crippen molar-refractivity contribution < 1.29 is 9.15 Å². The lowest BCUT2D eigenvalue weighted by Gasteiger charge is -2.00. The Balaban J connectivity index is 1.68. The monoisotopic (exact) mass is 317 g/mol. The molecule has 1 aromatic carbocycles. The van der Waals surface area contributed by atoms with Crippen LogP contribution in [-0.4, -0.2) is 32.1 Å². The normalized spacial score (nSPS) is 10.8. The molecule has 0 N–H and O–H groups in total. The molecule has 0 aliphatic rings. The highest BCUT2D eigenvalue weighted by molar-refractivity contribution is 7.98. The van der Waals surface area contributed by atoms with E-state index in [-0.39, 0.29) is 0 Å². The van der Waals surface area contributed by atoms with Gasteiger partial charge >= 0.3 is 0 Å². The van der Waals surface area contributed by atoms with Gasteiger partial charge in [-0.25, -0.2) is 0 Å². The fourth-order valence-corrected chi connectivity index (χ4v) is 2.68. The van der Waals surface area contributed by atoms with Crippen LogP contribution < -0.4 is 4.74 Å². The van der Waals surface area contributed by atoms with Crippen LogP contribution in [0.3, 0.4) is 0 Å². The maximum absolute atomic E-state index is 5.67. The van der Waals surface area contributed by atoms with Gasteiger partial charge in [-0.2, -0.15) is 0 Å². The SMILES string of the molecule is CCn1cnnc1SCc1nnc(-c2ccc(OC)cc2)o1. The van der Waals surface area contributed by atoms with Gasteiger partial charge < -0.3 is 13.7 Å². The highest BCUT2D eigenvalue weighted by Crippen LogP contribution is 2.24. The lowest BCUT2D eigenvalue weighted by Crippen LogP contribution is -1.94. The molecule has 0 saturated heterocycles. The number of rotatable bonds is 6. The number of ether oxygens (including phenoxy) is 1. The van der Waals surface area contributed by atoms with E-state index >= 15 is 0 Å². The minimum atomic E-state index is 0.496. The van der Waals surface area contributed by atoms with E-state index in [0.717, 1.165) is 23.0 Å². The molecule has 0 spiro atoms. The molecule has 0 fully saturated rings. The molecule has 0 unspecified atom stereocenters. The van der Waals surface area contributed by atoms with Crippen LogP contribution in [0.4, 0.5) is 0 Å². The first-order valence-corrected chi connectivity index (χ1v) is 7.76. The average Bonchev–Trinajstić information content (AvgIpc) is 3.21. The molecule has 3 rings (SSSR count). The first-order valence-electron chi connectivity index (χ1n) is 6.77. The molecule has 0 bridgehead atoms. The lowest BCUT2D eigenvalue weighted by atomic mass is 10.2. The summed E-state index contributed by atoms with van der Waals surface area (Å²) < 4.78 is 12.8. The van der Waals surface area contributed by atoms with Gasteiger partial charge in [-0.3, -0.25) is 0 Å². The minimum Gasteiger partial charge on any atom is -0.497 e. The van der Waals surface area contributed by atoms with E-state index < -0.39 is 0 Å². The maximum atomic E-state index is 5.67. The highest BCUT2D eigenvalue weighted by atomic mass is 32.2. The second-order valence-electron chi connectivity index (χ2n) is 4.42. The summed E-state index contributed by atoms with van der Waals surface area (Å²) in [6, 6.07) is 7.49. The molecule has 22 heavy (non-hydrogen) atoms. The van der Waals surface area contributed by atoms with Crippen LogP contribution in [0.2, 0.25) is 0 Å². The predicted octanol–water partition coefficient (Wildman–Crippen LogP) is 2.65. The summed E-state index contributed by atoms with van der Waals surface area (Å²) in [5, 5.41) is 16.9. The van der Waals surface area contributed by atoms with Gasteiger partial charge in [0.25, 0.3) is 0 Å². The van der Waals surface area contributed by atoms with Crippen molar-refractivity contribution >= 4 is 11.8 Å². The number of benzene rings is 1. The lowest BCUT2D eigenvalue weighted by molar-refractivity contribution is 0.415. The van der Waals surface area contributed by atoms with Crippen molar-refractivity contribution in [1.82, 2.24) is 25.0 Å². The predicted molar refractivity (Wildman–Crippen MR) is 81.5 cm³/mol. The molecule has 0 aliphatic heterocycles. The summed E-state index contributed by atoms with van der Waals surface area (Å²) in [6.45, 7) is 2.87. The second kappa shape index (κ2) is 6.61. The molecular weight excluding hydrogens is 302 g/mol. The van der Waals surface area contributed by atoms with E-state index in [2.05, 4.69) is 20.4 Å². The molecule has 7 nitrogen and oxygen atoms in total. The van der Waals surface area contributed by atoms with Crippen LogP contribution in [0, 0.1) is 0 Å². The molecule has 114 valence electrons. The molecule has 0 saturated carbocycles. The molecule has 0 radical (unpaired) electrons. The number of methoxy groups -OCH3 is 1.